The van der Waals surface area contributed by atoms with E-state index in [0.29, 0.717) is 6.42 Å². The Morgan fingerprint density at radius 3 is 2.17 bits per heavy atom. The van der Waals surface area contributed by atoms with Gasteiger partial charge in [-0.25, -0.2) is 0 Å². The molecule has 0 aliphatic heterocycles. The topological polar surface area (TPSA) is 17.1 Å². The predicted molar refractivity (Wildman–Crippen MR) is 104 cm³/mol. The average Bonchev–Trinajstić information content (AvgIpc) is 2.44. The summed E-state index contributed by atoms with van der Waals surface area (Å²) >= 11 is 0. The first-order valence-electron chi connectivity index (χ1n) is 8.89. The van der Waals surface area contributed by atoms with E-state index in [1.807, 2.05) is 0 Å². The smallest absolute Gasteiger partial charge is 0.129 e. The second-order valence-electron chi connectivity index (χ2n) is 8.01. The van der Waals surface area contributed by atoms with Crippen LogP contribution in [0.25, 0.3) is 11.1 Å². The van der Waals surface area contributed by atoms with Crippen molar-refractivity contribution in [3.05, 3.63) is 58.7 Å². The first-order valence-corrected chi connectivity index (χ1v) is 8.89. The van der Waals surface area contributed by atoms with Crippen molar-refractivity contribution in [3.8, 4) is 11.1 Å². The van der Waals surface area contributed by atoms with Crippen LogP contribution in [0.2, 0.25) is 0 Å². The lowest BCUT2D eigenvalue weighted by molar-refractivity contribution is -0.117. The Morgan fingerprint density at radius 2 is 1.62 bits per heavy atom. The van der Waals surface area contributed by atoms with Crippen LogP contribution in [0.15, 0.2) is 36.4 Å². The van der Waals surface area contributed by atoms with E-state index in [-0.39, 0.29) is 11.2 Å². The average molecular weight is 322 g/mol. The van der Waals surface area contributed by atoms with Crippen LogP contribution in [0, 0.1) is 13.8 Å². The van der Waals surface area contributed by atoms with Gasteiger partial charge in [0.05, 0.1) is 0 Å². The summed E-state index contributed by atoms with van der Waals surface area (Å²) in [6, 6.07) is 13.4. The Kier molecular flexibility index (Phi) is 5.64. The highest BCUT2D eigenvalue weighted by Crippen LogP contribution is 2.35. The third-order valence-corrected chi connectivity index (χ3v) is 4.47. The lowest BCUT2D eigenvalue weighted by atomic mass is 9.79. The molecule has 2 aromatic rings. The minimum absolute atomic E-state index is 0.0977. The fourth-order valence-corrected chi connectivity index (χ4v) is 3.47. The Labute approximate surface area is 147 Å². The molecule has 0 saturated carbocycles. The van der Waals surface area contributed by atoms with Gasteiger partial charge in [0, 0.05) is 6.42 Å². The van der Waals surface area contributed by atoms with Gasteiger partial charge >= 0.3 is 0 Å². The summed E-state index contributed by atoms with van der Waals surface area (Å²) in [4.78, 5) is 11.4. The van der Waals surface area contributed by atoms with E-state index in [9.17, 15) is 4.79 Å². The number of hydrogen-bond donors (Lipinski definition) is 0. The molecule has 0 heterocycles. The third-order valence-electron chi connectivity index (χ3n) is 4.47. The summed E-state index contributed by atoms with van der Waals surface area (Å²) in [6.07, 6.45) is 2.53. The second-order valence-corrected chi connectivity index (χ2v) is 8.01. The van der Waals surface area contributed by atoms with Crippen LogP contribution in [0.3, 0.4) is 0 Å². The number of rotatable bonds is 5. The monoisotopic (exact) mass is 322 g/mol. The number of hydrogen-bond acceptors (Lipinski definition) is 1. The number of benzene rings is 2. The van der Waals surface area contributed by atoms with E-state index in [1.54, 1.807) is 6.92 Å². The zero-order chi connectivity index (χ0) is 17.9. The molecular formula is C23H30O. The molecule has 0 aliphatic carbocycles. The first-order chi connectivity index (χ1) is 11.2. The van der Waals surface area contributed by atoms with Crippen LogP contribution in [-0.2, 0) is 16.6 Å². The molecule has 0 N–H and O–H groups in total. The van der Waals surface area contributed by atoms with E-state index in [0.717, 1.165) is 12.8 Å². The van der Waals surface area contributed by atoms with E-state index in [4.69, 9.17) is 0 Å². The molecule has 0 aromatic heterocycles. The molecule has 0 fully saturated rings. The SMILES string of the molecule is CC(=O)CCCc1c(-c2cc(C)cc(C)c2)cccc1C(C)(C)C. The van der Waals surface area contributed by atoms with Crippen molar-refractivity contribution < 1.29 is 4.79 Å². The minimum Gasteiger partial charge on any atom is -0.300 e. The quantitative estimate of drug-likeness (QED) is 0.642. The number of aryl methyl sites for hydroxylation is 2. The van der Waals surface area contributed by atoms with Gasteiger partial charge in [-0.2, -0.15) is 0 Å². The maximum absolute atomic E-state index is 11.4. The molecule has 0 bridgehead atoms. The number of Topliss-reactive ketones (excluding diaryl/α,β-unsaturated/α-hetero) is 1. The lowest BCUT2D eigenvalue weighted by Crippen LogP contribution is -2.15. The van der Waals surface area contributed by atoms with Gasteiger partial charge in [-0.3, -0.25) is 0 Å². The largest absolute Gasteiger partial charge is 0.300 e. The van der Waals surface area contributed by atoms with Crippen molar-refractivity contribution in [3.63, 3.8) is 0 Å². The number of carbonyl (C=O) groups excluding carboxylic acids is 1. The summed E-state index contributed by atoms with van der Waals surface area (Å²) < 4.78 is 0. The van der Waals surface area contributed by atoms with Crippen molar-refractivity contribution in [1.82, 2.24) is 0 Å². The first kappa shape index (κ1) is 18.4. The molecule has 1 heteroatoms. The molecule has 0 amide bonds. The molecule has 128 valence electrons. The minimum atomic E-state index is 0.0977. The Balaban J connectivity index is 2.55. The van der Waals surface area contributed by atoms with E-state index in [1.165, 1.54) is 33.4 Å². The Hall–Kier alpha value is -1.89. The summed E-state index contributed by atoms with van der Waals surface area (Å²) in [5.74, 6) is 0.274. The van der Waals surface area contributed by atoms with Crippen LogP contribution in [0.1, 0.15) is 62.8 Å². The number of ketones is 1. The van der Waals surface area contributed by atoms with Gasteiger partial charge in [-0.1, -0.05) is 68.3 Å². The van der Waals surface area contributed by atoms with Gasteiger partial charge in [0.2, 0.25) is 0 Å². The highest BCUT2D eigenvalue weighted by molar-refractivity contribution is 5.75. The van der Waals surface area contributed by atoms with E-state index in [2.05, 4.69) is 71.0 Å². The van der Waals surface area contributed by atoms with Gasteiger partial charge in [-0.05, 0) is 61.3 Å². The van der Waals surface area contributed by atoms with E-state index < -0.39 is 0 Å². The fourth-order valence-electron chi connectivity index (χ4n) is 3.47. The lowest BCUT2D eigenvalue weighted by Gasteiger charge is -2.25. The fraction of sp³-hybridized carbons (Fsp3) is 0.435. The molecule has 0 unspecified atom stereocenters. The zero-order valence-electron chi connectivity index (χ0n) is 16.0. The normalized spacial score (nSPS) is 11.6. The zero-order valence-corrected chi connectivity index (χ0v) is 16.0. The standard InChI is InChI=1S/C23H30O/c1-16-13-17(2)15-19(14-16)20-10-8-12-22(23(4,5)6)21(20)11-7-9-18(3)24/h8,10,12-15H,7,9,11H2,1-6H3. The molecular weight excluding hydrogens is 292 g/mol. The Bertz CT molecular complexity index is 712. The van der Waals surface area contributed by atoms with Crippen molar-refractivity contribution in [1.29, 1.82) is 0 Å². The van der Waals surface area contributed by atoms with Gasteiger partial charge in [-0.15, -0.1) is 0 Å². The van der Waals surface area contributed by atoms with E-state index >= 15 is 0 Å². The summed E-state index contributed by atoms with van der Waals surface area (Å²) in [6.45, 7) is 12.8. The molecule has 0 atom stereocenters. The van der Waals surface area contributed by atoms with Crippen molar-refractivity contribution in [2.45, 2.75) is 66.2 Å². The molecule has 0 spiro atoms. The Morgan fingerprint density at radius 1 is 1.00 bits per heavy atom. The van der Waals surface area contributed by atoms with Gasteiger partial charge in [0.25, 0.3) is 0 Å². The van der Waals surface area contributed by atoms with Crippen LogP contribution >= 0.6 is 0 Å². The second kappa shape index (κ2) is 7.34. The van der Waals surface area contributed by atoms with Crippen molar-refractivity contribution in [2.75, 3.05) is 0 Å². The van der Waals surface area contributed by atoms with Gasteiger partial charge in [0.15, 0.2) is 0 Å². The highest BCUT2D eigenvalue weighted by Gasteiger charge is 2.20. The number of carbonyl (C=O) groups is 1. The summed E-state index contributed by atoms with van der Waals surface area (Å²) in [5, 5.41) is 0. The van der Waals surface area contributed by atoms with Crippen LogP contribution in [0.5, 0.6) is 0 Å². The van der Waals surface area contributed by atoms with Crippen molar-refractivity contribution in [2.24, 2.45) is 0 Å². The molecule has 1 nitrogen and oxygen atoms in total. The molecule has 2 aromatic carbocycles. The molecule has 0 saturated heterocycles. The molecule has 0 aliphatic rings. The van der Waals surface area contributed by atoms with Crippen LogP contribution in [-0.4, -0.2) is 5.78 Å². The summed E-state index contributed by atoms with van der Waals surface area (Å²) in [5.41, 5.74) is 8.08. The molecule has 24 heavy (non-hydrogen) atoms. The maximum Gasteiger partial charge on any atom is 0.129 e. The molecule has 2 rings (SSSR count). The van der Waals surface area contributed by atoms with Gasteiger partial charge in [0.1, 0.15) is 5.78 Å². The predicted octanol–water partition coefficient (Wildman–Crippen LogP) is 6.18. The third kappa shape index (κ3) is 4.56. The van der Waals surface area contributed by atoms with Gasteiger partial charge < -0.3 is 4.79 Å². The highest BCUT2D eigenvalue weighted by atomic mass is 16.1. The summed E-state index contributed by atoms with van der Waals surface area (Å²) in [7, 11) is 0. The van der Waals surface area contributed by atoms with Crippen molar-refractivity contribution >= 4 is 5.78 Å². The molecule has 0 radical (unpaired) electrons. The van der Waals surface area contributed by atoms with Crippen LogP contribution < -0.4 is 0 Å². The van der Waals surface area contributed by atoms with Crippen LogP contribution in [0.4, 0.5) is 0 Å². The maximum atomic E-state index is 11.4.